The molecule has 0 aromatic heterocycles. The van der Waals surface area contributed by atoms with Crippen LogP contribution in [0.4, 0.5) is 0 Å². The van der Waals surface area contributed by atoms with Crippen LogP contribution in [0, 0.1) is 6.92 Å². The number of benzene rings is 1. The van der Waals surface area contributed by atoms with Crippen molar-refractivity contribution in [2.24, 2.45) is 0 Å². The molecule has 0 bridgehead atoms. The molecule has 0 amide bonds. The van der Waals surface area contributed by atoms with Crippen LogP contribution in [0.5, 0.6) is 0 Å². The van der Waals surface area contributed by atoms with Gasteiger partial charge in [0.25, 0.3) is 0 Å². The molecule has 106 valence electrons. The second-order valence-electron chi connectivity index (χ2n) is 5.82. The van der Waals surface area contributed by atoms with Crippen LogP contribution in [0.1, 0.15) is 81.9 Å². The maximum Gasteiger partial charge on any atom is -0.0188 e. The predicted octanol–water partition coefficient (Wildman–Crippen LogP) is 6.49. The molecule has 0 heterocycles. The Balaban J connectivity index is 2.73. The normalized spacial score (nSPS) is 12.4. The third-order valence-corrected chi connectivity index (χ3v) is 4.01. The molecule has 1 unspecified atom stereocenters. The molecule has 0 radical (unpaired) electrons. The quantitative estimate of drug-likeness (QED) is 0.467. The van der Waals surface area contributed by atoms with Gasteiger partial charge < -0.3 is 0 Å². The zero-order chi connectivity index (χ0) is 14.3. The summed E-state index contributed by atoms with van der Waals surface area (Å²) < 4.78 is 0. The first-order valence-electron chi connectivity index (χ1n) is 7.88. The lowest BCUT2D eigenvalue weighted by Gasteiger charge is -2.16. The van der Waals surface area contributed by atoms with Gasteiger partial charge in [0.05, 0.1) is 0 Å². The highest BCUT2D eigenvalue weighted by Crippen LogP contribution is 2.27. The van der Waals surface area contributed by atoms with Crippen LogP contribution in [-0.2, 0) is 0 Å². The minimum atomic E-state index is 0.674. The Kier molecular flexibility index (Phi) is 6.91. The van der Waals surface area contributed by atoms with E-state index >= 15 is 0 Å². The Morgan fingerprint density at radius 1 is 1.16 bits per heavy atom. The van der Waals surface area contributed by atoms with E-state index in [1.807, 2.05) is 0 Å². The van der Waals surface area contributed by atoms with Crippen molar-refractivity contribution in [1.82, 2.24) is 0 Å². The zero-order valence-electron chi connectivity index (χ0n) is 13.3. The Morgan fingerprint density at radius 2 is 1.89 bits per heavy atom. The summed E-state index contributed by atoms with van der Waals surface area (Å²) >= 11 is 0. The third kappa shape index (κ3) is 4.86. The van der Waals surface area contributed by atoms with Crippen LogP contribution in [0.25, 0.3) is 5.57 Å². The van der Waals surface area contributed by atoms with E-state index in [-0.39, 0.29) is 0 Å². The Hall–Kier alpha value is -1.04. The van der Waals surface area contributed by atoms with Gasteiger partial charge >= 0.3 is 0 Å². The molecule has 0 spiro atoms. The molecule has 0 heteroatoms. The number of aryl methyl sites for hydroxylation is 1. The van der Waals surface area contributed by atoms with E-state index in [1.54, 1.807) is 0 Å². The van der Waals surface area contributed by atoms with Crippen molar-refractivity contribution in [2.45, 2.75) is 72.1 Å². The molecule has 1 atom stereocenters. The fourth-order valence-corrected chi connectivity index (χ4v) is 2.77. The standard InChI is InChI=1S/C19H30/c1-6-8-9-11-15(3)18-12-13-19(17(5)14-18)16(4)10-7-2/h12-14,16H,3,6-11H2,1-2,4-5H3. The minimum absolute atomic E-state index is 0.674. The van der Waals surface area contributed by atoms with E-state index < -0.39 is 0 Å². The van der Waals surface area contributed by atoms with E-state index in [9.17, 15) is 0 Å². The van der Waals surface area contributed by atoms with E-state index in [0.29, 0.717) is 5.92 Å². The topological polar surface area (TPSA) is 0 Å². The van der Waals surface area contributed by atoms with Gasteiger partial charge in [-0.1, -0.05) is 64.8 Å². The lowest BCUT2D eigenvalue weighted by Crippen LogP contribution is -1.97. The van der Waals surface area contributed by atoms with Gasteiger partial charge in [0.15, 0.2) is 0 Å². The predicted molar refractivity (Wildman–Crippen MR) is 87.7 cm³/mol. The Morgan fingerprint density at radius 3 is 2.47 bits per heavy atom. The highest BCUT2D eigenvalue weighted by atomic mass is 14.1. The molecular formula is C19H30. The summed E-state index contributed by atoms with van der Waals surface area (Å²) in [6, 6.07) is 6.91. The molecule has 0 aliphatic carbocycles. The van der Waals surface area contributed by atoms with Gasteiger partial charge in [0.1, 0.15) is 0 Å². The summed E-state index contributed by atoms with van der Waals surface area (Å²) in [7, 11) is 0. The van der Waals surface area contributed by atoms with Crippen molar-refractivity contribution >= 4 is 5.57 Å². The minimum Gasteiger partial charge on any atom is -0.0952 e. The number of rotatable bonds is 8. The molecule has 0 saturated heterocycles. The van der Waals surface area contributed by atoms with Gasteiger partial charge in [0, 0.05) is 0 Å². The molecule has 0 N–H and O–H groups in total. The van der Waals surface area contributed by atoms with Crippen LogP contribution in [0.15, 0.2) is 24.8 Å². The molecule has 0 nitrogen and oxygen atoms in total. The lowest BCUT2D eigenvalue weighted by atomic mass is 9.90. The summed E-state index contributed by atoms with van der Waals surface area (Å²) in [5.74, 6) is 0.674. The SMILES string of the molecule is C=C(CCCCC)c1ccc(C(C)CCC)c(C)c1. The molecule has 1 aromatic rings. The average molecular weight is 258 g/mol. The molecular weight excluding hydrogens is 228 g/mol. The largest absolute Gasteiger partial charge is 0.0952 e. The lowest BCUT2D eigenvalue weighted by molar-refractivity contribution is 0.661. The van der Waals surface area contributed by atoms with Crippen LogP contribution in [-0.4, -0.2) is 0 Å². The summed E-state index contributed by atoms with van der Waals surface area (Å²) in [6.07, 6.45) is 7.52. The Bertz CT molecular complexity index is 400. The molecule has 0 saturated carbocycles. The highest BCUT2D eigenvalue weighted by Gasteiger charge is 2.09. The maximum absolute atomic E-state index is 4.25. The first-order valence-corrected chi connectivity index (χ1v) is 7.88. The molecule has 1 rings (SSSR count). The fourth-order valence-electron chi connectivity index (χ4n) is 2.77. The number of hydrogen-bond donors (Lipinski definition) is 0. The molecule has 0 aliphatic rings. The number of allylic oxidation sites excluding steroid dienone is 1. The first-order chi connectivity index (χ1) is 9.10. The summed E-state index contributed by atoms with van der Waals surface area (Å²) in [5, 5.41) is 0. The molecule has 19 heavy (non-hydrogen) atoms. The van der Waals surface area contributed by atoms with Crippen LogP contribution in [0.2, 0.25) is 0 Å². The van der Waals surface area contributed by atoms with Gasteiger partial charge in [-0.25, -0.2) is 0 Å². The van der Waals surface area contributed by atoms with Crippen molar-refractivity contribution in [1.29, 1.82) is 0 Å². The van der Waals surface area contributed by atoms with Crippen molar-refractivity contribution in [3.05, 3.63) is 41.5 Å². The van der Waals surface area contributed by atoms with Crippen LogP contribution >= 0.6 is 0 Å². The van der Waals surface area contributed by atoms with E-state index in [1.165, 1.54) is 54.4 Å². The van der Waals surface area contributed by atoms with Crippen molar-refractivity contribution in [3.63, 3.8) is 0 Å². The van der Waals surface area contributed by atoms with Gasteiger partial charge in [-0.2, -0.15) is 0 Å². The summed E-state index contributed by atoms with van der Waals surface area (Å²) in [5.41, 5.74) is 5.56. The third-order valence-electron chi connectivity index (χ3n) is 4.01. The van der Waals surface area contributed by atoms with Crippen LogP contribution in [0.3, 0.4) is 0 Å². The number of unbranched alkanes of at least 4 members (excludes halogenated alkanes) is 2. The smallest absolute Gasteiger partial charge is 0.0188 e. The van der Waals surface area contributed by atoms with Crippen molar-refractivity contribution in [2.75, 3.05) is 0 Å². The number of hydrogen-bond acceptors (Lipinski definition) is 0. The Labute approximate surface area is 119 Å². The maximum atomic E-state index is 4.25. The fraction of sp³-hybridized carbons (Fsp3) is 0.579. The van der Waals surface area contributed by atoms with Crippen molar-refractivity contribution < 1.29 is 0 Å². The van der Waals surface area contributed by atoms with Gasteiger partial charge in [-0.15, -0.1) is 0 Å². The monoisotopic (exact) mass is 258 g/mol. The first kappa shape index (κ1) is 16.0. The van der Waals surface area contributed by atoms with E-state index in [2.05, 4.69) is 52.5 Å². The summed E-state index contributed by atoms with van der Waals surface area (Å²) in [4.78, 5) is 0. The van der Waals surface area contributed by atoms with Crippen LogP contribution < -0.4 is 0 Å². The zero-order valence-corrected chi connectivity index (χ0v) is 13.3. The second kappa shape index (κ2) is 8.19. The summed E-state index contributed by atoms with van der Waals surface area (Å²) in [6.45, 7) is 13.3. The average Bonchev–Trinajstić information content (AvgIpc) is 2.39. The van der Waals surface area contributed by atoms with Crippen molar-refractivity contribution in [3.8, 4) is 0 Å². The molecule has 0 aliphatic heterocycles. The van der Waals surface area contributed by atoms with Gasteiger partial charge in [0.2, 0.25) is 0 Å². The molecule has 0 fully saturated rings. The highest BCUT2D eigenvalue weighted by molar-refractivity contribution is 5.64. The van der Waals surface area contributed by atoms with E-state index in [4.69, 9.17) is 0 Å². The second-order valence-corrected chi connectivity index (χ2v) is 5.82. The van der Waals surface area contributed by atoms with Gasteiger partial charge in [-0.05, 0) is 54.4 Å². The molecule has 1 aromatic carbocycles. The van der Waals surface area contributed by atoms with E-state index in [0.717, 1.165) is 6.42 Å². The van der Waals surface area contributed by atoms with Gasteiger partial charge in [-0.3, -0.25) is 0 Å².